The maximum Gasteiger partial charge on any atom is 0.320 e. The molecule has 1 fully saturated rings. The van der Waals surface area contributed by atoms with E-state index in [1.807, 2.05) is 23.1 Å². The number of hydrogen-bond acceptors (Lipinski definition) is 3. The molecule has 1 N–H and O–H groups in total. The highest BCUT2D eigenvalue weighted by Crippen LogP contribution is 2.17. The van der Waals surface area contributed by atoms with Crippen LogP contribution in [0.5, 0.6) is 0 Å². The van der Waals surface area contributed by atoms with Gasteiger partial charge < -0.3 is 10.0 Å². The van der Waals surface area contributed by atoms with Crippen molar-refractivity contribution < 1.29 is 14.7 Å². The van der Waals surface area contributed by atoms with Gasteiger partial charge in [-0.1, -0.05) is 29.8 Å². The average molecular weight is 311 g/mol. The molecule has 0 saturated carbocycles. The number of aliphatic carboxylic acids is 1. The zero-order chi connectivity index (χ0) is 15.4. The maximum absolute atomic E-state index is 12.3. The fraction of sp³-hybridized carbons (Fsp3) is 0.467. The molecule has 1 atom stereocenters. The van der Waals surface area contributed by atoms with Crippen molar-refractivity contribution in [1.82, 2.24) is 9.80 Å². The van der Waals surface area contributed by atoms with E-state index in [1.54, 1.807) is 17.9 Å². The molecule has 5 nitrogen and oxygen atoms in total. The third-order valence-electron chi connectivity index (χ3n) is 3.87. The highest BCUT2D eigenvalue weighted by molar-refractivity contribution is 6.31. The molecule has 0 radical (unpaired) electrons. The number of nitrogens with zero attached hydrogens (tertiary/aromatic N) is 2. The van der Waals surface area contributed by atoms with Crippen LogP contribution in [0.4, 0.5) is 0 Å². The van der Waals surface area contributed by atoms with E-state index < -0.39 is 12.0 Å². The van der Waals surface area contributed by atoms with Crippen molar-refractivity contribution in [3.05, 3.63) is 34.9 Å². The van der Waals surface area contributed by atoms with Crippen molar-refractivity contribution in [2.75, 3.05) is 26.2 Å². The van der Waals surface area contributed by atoms with E-state index in [-0.39, 0.29) is 12.3 Å². The first-order chi connectivity index (χ1) is 9.99. The van der Waals surface area contributed by atoms with Crippen molar-refractivity contribution in [2.24, 2.45) is 0 Å². The molecule has 1 aliphatic rings. The number of rotatable bonds is 4. The lowest BCUT2D eigenvalue weighted by Gasteiger charge is -2.36. The molecular weight excluding hydrogens is 292 g/mol. The molecule has 0 spiro atoms. The van der Waals surface area contributed by atoms with Crippen LogP contribution in [0.2, 0.25) is 5.02 Å². The molecule has 1 aliphatic heterocycles. The SMILES string of the molecule is CC(C(=O)O)N1CCN(C(=O)Cc2ccccc2Cl)CC1. The summed E-state index contributed by atoms with van der Waals surface area (Å²) in [5.41, 5.74) is 0.825. The molecule has 0 bridgehead atoms. The Kier molecular flexibility index (Phi) is 5.20. The van der Waals surface area contributed by atoms with Crippen LogP contribution in [-0.4, -0.2) is 59.0 Å². The minimum atomic E-state index is -0.828. The van der Waals surface area contributed by atoms with Crippen molar-refractivity contribution in [3.63, 3.8) is 0 Å². The molecular formula is C15H19ClN2O3. The largest absolute Gasteiger partial charge is 0.480 e. The van der Waals surface area contributed by atoms with Crippen LogP contribution < -0.4 is 0 Å². The zero-order valence-corrected chi connectivity index (χ0v) is 12.7. The third kappa shape index (κ3) is 3.95. The molecule has 0 aromatic heterocycles. The van der Waals surface area contributed by atoms with Gasteiger partial charge in [0.25, 0.3) is 0 Å². The van der Waals surface area contributed by atoms with Gasteiger partial charge in [0, 0.05) is 31.2 Å². The van der Waals surface area contributed by atoms with Gasteiger partial charge in [-0.25, -0.2) is 0 Å². The highest BCUT2D eigenvalue weighted by Gasteiger charge is 2.27. The topological polar surface area (TPSA) is 60.9 Å². The Morgan fingerprint density at radius 2 is 1.86 bits per heavy atom. The normalized spacial score (nSPS) is 17.5. The molecule has 2 rings (SSSR count). The fourth-order valence-corrected chi connectivity index (χ4v) is 2.63. The van der Waals surface area contributed by atoms with E-state index in [0.717, 1.165) is 5.56 Å². The zero-order valence-electron chi connectivity index (χ0n) is 12.0. The van der Waals surface area contributed by atoms with Crippen LogP contribution in [0.15, 0.2) is 24.3 Å². The summed E-state index contributed by atoms with van der Waals surface area (Å²) in [6.07, 6.45) is 0.286. The number of hydrogen-bond donors (Lipinski definition) is 1. The van der Waals surface area contributed by atoms with Crippen molar-refractivity contribution >= 4 is 23.5 Å². The monoisotopic (exact) mass is 310 g/mol. The minimum Gasteiger partial charge on any atom is -0.480 e. The highest BCUT2D eigenvalue weighted by atomic mass is 35.5. The fourth-order valence-electron chi connectivity index (χ4n) is 2.43. The van der Waals surface area contributed by atoms with Crippen LogP contribution in [0, 0.1) is 0 Å². The van der Waals surface area contributed by atoms with Gasteiger partial charge in [-0.3, -0.25) is 14.5 Å². The lowest BCUT2D eigenvalue weighted by molar-refractivity contribution is -0.144. The van der Waals surface area contributed by atoms with Crippen molar-refractivity contribution in [1.29, 1.82) is 0 Å². The maximum atomic E-state index is 12.3. The van der Waals surface area contributed by atoms with Crippen molar-refractivity contribution in [2.45, 2.75) is 19.4 Å². The summed E-state index contributed by atoms with van der Waals surface area (Å²) in [6.45, 7) is 3.95. The Morgan fingerprint density at radius 1 is 1.24 bits per heavy atom. The first kappa shape index (κ1) is 15.8. The van der Waals surface area contributed by atoms with E-state index in [0.29, 0.717) is 31.2 Å². The number of benzene rings is 1. The first-order valence-electron chi connectivity index (χ1n) is 6.97. The van der Waals surface area contributed by atoms with Gasteiger partial charge in [-0.05, 0) is 18.6 Å². The van der Waals surface area contributed by atoms with Crippen LogP contribution in [-0.2, 0) is 16.0 Å². The summed E-state index contributed by atoms with van der Waals surface area (Å²) in [5, 5.41) is 9.60. The number of amides is 1. The van der Waals surface area contributed by atoms with Gasteiger partial charge in [0.15, 0.2) is 0 Å². The number of carboxylic acid groups (broad SMARTS) is 1. The number of carbonyl (C=O) groups is 2. The molecule has 114 valence electrons. The Labute approximate surface area is 129 Å². The molecule has 1 amide bonds. The Morgan fingerprint density at radius 3 is 2.43 bits per heavy atom. The number of halogens is 1. The molecule has 0 aliphatic carbocycles. The average Bonchev–Trinajstić information content (AvgIpc) is 2.49. The Balaban J connectivity index is 1.89. The molecule has 1 heterocycles. The molecule has 6 heteroatoms. The van der Waals surface area contributed by atoms with Crippen molar-refractivity contribution in [3.8, 4) is 0 Å². The second-order valence-corrected chi connectivity index (χ2v) is 5.61. The third-order valence-corrected chi connectivity index (χ3v) is 4.24. The second kappa shape index (κ2) is 6.91. The second-order valence-electron chi connectivity index (χ2n) is 5.20. The van der Waals surface area contributed by atoms with Crippen LogP contribution >= 0.6 is 11.6 Å². The Hall–Kier alpha value is -1.59. The van der Waals surface area contributed by atoms with Crippen LogP contribution in [0.1, 0.15) is 12.5 Å². The van der Waals surface area contributed by atoms with E-state index in [4.69, 9.17) is 16.7 Å². The summed E-state index contributed by atoms with van der Waals surface area (Å²) in [6, 6.07) is 6.81. The lowest BCUT2D eigenvalue weighted by Crippen LogP contribution is -2.53. The van der Waals surface area contributed by atoms with Gasteiger partial charge in [0.1, 0.15) is 6.04 Å². The summed E-state index contributed by atoms with van der Waals surface area (Å²) >= 11 is 6.06. The molecule has 21 heavy (non-hydrogen) atoms. The Bertz CT molecular complexity index is 527. The number of carboxylic acids is 1. The number of piperazine rings is 1. The minimum absolute atomic E-state index is 0.0331. The predicted molar refractivity (Wildman–Crippen MR) is 80.4 cm³/mol. The molecule has 1 saturated heterocycles. The molecule has 1 unspecified atom stereocenters. The van der Waals surface area contributed by atoms with Gasteiger partial charge in [0.2, 0.25) is 5.91 Å². The quantitative estimate of drug-likeness (QED) is 0.915. The summed E-state index contributed by atoms with van der Waals surface area (Å²) in [7, 11) is 0. The summed E-state index contributed by atoms with van der Waals surface area (Å²) < 4.78 is 0. The van der Waals surface area contributed by atoms with Crippen LogP contribution in [0.25, 0.3) is 0 Å². The predicted octanol–water partition coefficient (Wildman–Crippen LogP) is 1.50. The number of carbonyl (C=O) groups excluding carboxylic acids is 1. The smallest absolute Gasteiger partial charge is 0.320 e. The standard InChI is InChI=1S/C15H19ClN2O3/c1-11(15(20)21)17-6-8-18(9-7-17)14(19)10-12-4-2-3-5-13(12)16/h2-5,11H,6-10H2,1H3,(H,20,21). The van der Waals surface area contributed by atoms with Gasteiger partial charge in [0.05, 0.1) is 6.42 Å². The van der Waals surface area contributed by atoms with Gasteiger partial charge in [-0.2, -0.15) is 0 Å². The van der Waals surface area contributed by atoms with Gasteiger partial charge >= 0.3 is 5.97 Å². The molecule has 1 aromatic carbocycles. The van der Waals surface area contributed by atoms with Gasteiger partial charge in [-0.15, -0.1) is 0 Å². The van der Waals surface area contributed by atoms with E-state index >= 15 is 0 Å². The van der Waals surface area contributed by atoms with Crippen LogP contribution in [0.3, 0.4) is 0 Å². The molecule has 1 aromatic rings. The first-order valence-corrected chi connectivity index (χ1v) is 7.35. The summed E-state index contributed by atoms with van der Waals surface area (Å²) in [4.78, 5) is 26.9. The summed E-state index contributed by atoms with van der Waals surface area (Å²) in [5.74, 6) is -0.795. The van der Waals surface area contributed by atoms with E-state index in [1.165, 1.54) is 0 Å². The lowest BCUT2D eigenvalue weighted by atomic mass is 10.1. The van der Waals surface area contributed by atoms with E-state index in [2.05, 4.69) is 0 Å². The van der Waals surface area contributed by atoms with E-state index in [9.17, 15) is 9.59 Å².